The SMILES string of the molecule is CCOc1ccc(Cl)cc1C(C)NC(C)C. The summed E-state index contributed by atoms with van der Waals surface area (Å²) < 4.78 is 5.60. The molecular formula is C13H20ClNO. The smallest absolute Gasteiger partial charge is 0.124 e. The number of rotatable bonds is 5. The first-order chi connectivity index (χ1) is 7.54. The molecule has 0 aliphatic carbocycles. The topological polar surface area (TPSA) is 21.3 Å². The van der Waals surface area contributed by atoms with Crippen LogP contribution in [0, 0.1) is 0 Å². The molecule has 1 N–H and O–H groups in total. The Bertz CT molecular complexity index is 339. The van der Waals surface area contributed by atoms with Gasteiger partial charge in [-0.15, -0.1) is 0 Å². The van der Waals surface area contributed by atoms with Crippen LogP contribution in [0.2, 0.25) is 5.02 Å². The highest BCUT2D eigenvalue weighted by atomic mass is 35.5. The van der Waals surface area contributed by atoms with Crippen molar-refractivity contribution in [3.63, 3.8) is 0 Å². The predicted molar refractivity (Wildman–Crippen MR) is 69.3 cm³/mol. The third-order valence-corrected chi connectivity index (χ3v) is 2.56. The molecule has 0 spiro atoms. The van der Waals surface area contributed by atoms with E-state index in [1.807, 2.05) is 25.1 Å². The second-order valence-electron chi connectivity index (χ2n) is 4.16. The third-order valence-electron chi connectivity index (χ3n) is 2.32. The van der Waals surface area contributed by atoms with E-state index < -0.39 is 0 Å². The Hall–Kier alpha value is -0.730. The molecule has 1 rings (SSSR count). The Balaban J connectivity index is 2.94. The first-order valence-corrected chi connectivity index (χ1v) is 6.10. The summed E-state index contributed by atoms with van der Waals surface area (Å²) in [6.07, 6.45) is 0. The van der Waals surface area contributed by atoms with E-state index in [0.717, 1.165) is 16.3 Å². The van der Waals surface area contributed by atoms with Gasteiger partial charge in [0, 0.05) is 22.7 Å². The van der Waals surface area contributed by atoms with Crippen LogP contribution in [0.15, 0.2) is 18.2 Å². The average molecular weight is 242 g/mol. The number of ether oxygens (including phenoxy) is 1. The van der Waals surface area contributed by atoms with Crippen LogP contribution in [-0.4, -0.2) is 12.6 Å². The van der Waals surface area contributed by atoms with Gasteiger partial charge in [-0.05, 0) is 32.0 Å². The molecule has 0 radical (unpaired) electrons. The van der Waals surface area contributed by atoms with E-state index in [1.54, 1.807) is 0 Å². The lowest BCUT2D eigenvalue weighted by Crippen LogP contribution is -2.26. The molecule has 90 valence electrons. The van der Waals surface area contributed by atoms with Gasteiger partial charge in [-0.1, -0.05) is 25.4 Å². The molecule has 0 aliphatic heterocycles. The maximum Gasteiger partial charge on any atom is 0.124 e. The average Bonchev–Trinajstić information content (AvgIpc) is 2.20. The normalized spacial score (nSPS) is 12.9. The van der Waals surface area contributed by atoms with Crippen molar-refractivity contribution < 1.29 is 4.74 Å². The lowest BCUT2D eigenvalue weighted by atomic mass is 10.1. The van der Waals surface area contributed by atoms with E-state index in [-0.39, 0.29) is 6.04 Å². The van der Waals surface area contributed by atoms with Crippen molar-refractivity contribution in [2.75, 3.05) is 6.61 Å². The molecule has 0 saturated heterocycles. The number of hydrogen-bond donors (Lipinski definition) is 1. The van der Waals surface area contributed by atoms with Gasteiger partial charge >= 0.3 is 0 Å². The van der Waals surface area contributed by atoms with Crippen LogP contribution in [0.1, 0.15) is 39.3 Å². The molecule has 0 aliphatic rings. The fraction of sp³-hybridized carbons (Fsp3) is 0.538. The molecule has 0 aromatic heterocycles. The summed E-state index contributed by atoms with van der Waals surface area (Å²) in [6, 6.07) is 6.42. The van der Waals surface area contributed by atoms with Gasteiger partial charge in [0.05, 0.1) is 6.61 Å². The van der Waals surface area contributed by atoms with Gasteiger partial charge in [-0.25, -0.2) is 0 Å². The zero-order chi connectivity index (χ0) is 12.1. The van der Waals surface area contributed by atoms with Crippen LogP contribution >= 0.6 is 11.6 Å². The van der Waals surface area contributed by atoms with Crippen LogP contribution in [0.3, 0.4) is 0 Å². The number of benzene rings is 1. The van der Waals surface area contributed by atoms with Gasteiger partial charge in [0.25, 0.3) is 0 Å². The van der Waals surface area contributed by atoms with Crippen LogP contribution in [0.4, 0.5) is 0 Å². The summed E-state index contributed by atoms with van der Waals surface area (Å²) in [5, 5.41) is 4.19. The lowest BCUT2D eigenvalue weighted by Gasteiger charge is -2.20. The molecule has 1 atom stereocenters. The Kier molecular flexibility index (Phi) is 5.10. The van der Waals surface area contributed by atoms with Gasteiger partial charge in [0.1, 0.15) is 5.75 Å². The molecule has 1 aromatic rings. The lowest BCUT2D eigenvalue weighted by molar-refractivity contribution is 0.331. The second-order valence-corrected chi connectivity index (χ2v) is 4.59. The Morgan fingerprint density at radius 1 is 1.31 bits per heavy atom. The Morgan fingerprint density at radius 3 is 2.56 bits per heavy atom. The van der Waals surface area contributed by atoms with E-state index in [2.05, 4.69) is 26.1 Å². The fourth-order valence-corrected chi connectivity index (χ4v) is 1.91. The molecule has 3 heteroatoms. The van der Waals surface area contributed by atoms with Crippen molar-refractivity contribution in [2.24, 2.45) is 0 Å². The summed E-state index contributed by atoms with van der Waals surface area (Å²) in [5.41, 5.74) is 1.11. The summed E-state index contributed by atoms with van der Waals surface area (Å²) in [7, 11) is 0. The number of halogens is 1. The van der Waals surface area contributed by atoms with Crippen molar-refractivity contribution in [1.82, 2.24) is 5.32 Å². The molecular weight excluding hydrogens is 222 g/mol. The minimum absolute atomic E-state index is 0.236. The summed E-state index contributed by atoms with van der Waals surface area (Å²) in [6.45, 7) is 9.03. The molecule has 0 amide bonds. The summed E-state index contributed by atoms with van der Waals surface area (Å²) in [5.74, 6) is 0.910. The first kappa shape index (κ1) is 13.3. The second kappa shape index (κ2) is 6.12. The van der Waals surface area contributed by atoms with Gasteiger partial charge in [-0.3, -0.25) is 0 Å². The summed E-state index contributed by atoms with van der Waals surface area (Å²) in [4.78, 5) is 0. The van der Waals surface area contributed by atoms with Crippen molar-refractivity contribution in [3.8, 4) is 5.75 Å². The first-order valence-electron chi connectivity index (χ1n) is 5.72. The summed E-state index contributed by atoms with van der Waals surface area (Å²) >= 11 is 6.01. The minimum atomic E-state index is 0.236. The monoisotopic (exact) mass is 241 g/mol. The molecule has 2 nitrogen and oxygen atoms in total. The zero-order valence-corrected chi connectivity index (χ0v) is 11.1. The van der Waals surface area contributed by atoms with Crippen LogP contribution in [0.25, 0.3) is 0 Å². The Morgan fingerprint density at radius 2 is 2.00 bits per heavy atom. The molecule has 1 unspecified atom stereocenters. The van der Waals surface area contributed by atoms with E-state index in [9.17, 15) is 0 Å². The predicted octanol–water partition coefficient (Wildman–Crippen LogP) is 3.80. The minimum Gasteiger partial charge on any atom is -0.494 e. The van der Waals surface area contributed by atoms with Crippen LogP contribution < -0.4 is 10.1 Å². The van der Waals surface area contributed by atoms with Crippen molar-refractivity contribution in [3.05, 3.63) is 28.8 Å². The Labute approximate surface area is 103 Å². The molecule has 0 bridgehead atoms. The molecule has 0 heterocycles. The largest absolute Gasteiger partial charge is 0.494 e. The van der Waals surface area contributed by atoms with Gasteiger partial charge in [0.15, 0.2) is 0 Å². The maximum absolute atomic E-state index is 6.01. The van der Waals surface area contributed by atoms with E-state index >= 15 is 0 Å². The third kappa shape index (κ3) is 3.69. The molecule has 0 fully saturated rings. The van der Waals surface area contributed by atoms with Crippen molar-refractivity contribution >= 4 is 11.6 Å². The molecule has 0 saturated carbocycles. The molecule has 1 aromatic carbocycles. The fourth-order valence-electron chi connectivity index (χ4n) is 1.73. The van der Waals surface area contributed by atoms with Gasteiger partial charge < -0.3 is 10.1 Å². The van der Waals surface area contributed by atoms with Crippen LogP contribution in [-0.2, 0) is 0 Å². The maximum atomic E-state index is 6.01. The number of hydrogen-bond acceptors (Lipinski definition) is 2. The van der Waals surface area contributed by atoms with E-state index in [0.29, 0.717) is 12.6 Å². The molecule has 16 heavy (non-hydrogen) atoms. The van der Waals surface area contributed by atoms with Crippen molar-refractivity contribution in [2.45, 2.75) is 39.8 Å². The quantitative estimate of drug-likeness (QED) is 0.847. The highest BCUT2D eigenvalue weighted by Gasteiger charge is 2.12. The standard InChI is InChI=1S/C13H20ClNO/c1-5-16-13-7-6-11(14)8-12(13)10(4)15-9(2)3/h6-10,15H,5H2,1-4H3. The zero-order valence-electron chi connectivity index (χ0n) is 10.4. The number of nitrogens with one attached hydrogen (secondary N) is 1. The van der Waals surface area contributed by atoms with Crippen LogP contribution in [0.5, 0.6) is 5.75 Å². The van der Waals surface area contributed by atoms with E-state index in [4.69, 9.17) is 16.3 Å². The van der Waals surface area contributed by atoms with Gasteiger partial charge in [-0.2, -0.15) is 0 Å². The highest BCUT2D eigenvalue weighted by molar-refractivity contribution is 6.30. The van der Waals surface area contributed by atoms with Gasteiger partial charge in [0.2, 0.25) is 0 Å². The van der Waals surface area contributed by atoms with Crippen molar-refractivity contribution in [1.29, 1.82) is 0 Å². The van der Waals surface area contributed by atoms with E-state index in [1.165, 1.54) is 0 Å². The highest BCUT2D eigenvalue weighted by Crippen LogP contribution is 2.28.